The molecular weight excluding hydrogens is 362 g/mol. The van der Waals surface area contributed by atoms with E-state index in [1.165, 1.54) is 19.1 Å². The van der Waals surface area contributed by atoms with E-state index >= 15 is 0 Å². The maximum absolute atomic E-state index is 13.4. The summed E-state index contributed by atoms with van der Waals surface area (Å²) in [5.74, 6) is -1.71. The Morgan fingerprint density at radius 2 is 1.79 bits per heavy atom. The van der Waals surface area contributed by atoms with Gasteiger partial charge in [0.05, 0.1) is 12.1 Å². The van der Waals surface area contributed by atoms with Crippen molar-refractivity contribution in [3.8, 4) is 0 Å². The van der Waals surface area contributed by atoms with E-state index in [-0.39, 0.29) is 18.9 Å². The van der Waals surface area contributed by atoms with E-state index in [0.717, 1.165) is 22.8 Å². The van der Waals surface area contributed by atoms with Crippen LogP contribution in [-0.2, 0) is 17.8 Å². The third kappa shape index (κ3) is 6.87. The van der Waals surface area contributed by atoms with Gasteiger partial charge in [-0.3, -0.25) is 4.79 Å². The number of hydrogen-bond donors (Lipinski definition) is 3. The van der Waals surface area contributed by atoms with Crippen molar-refractivity contribution < 1.29 is 18.7 Å². The maximum atomic E-state index is 13.4. The molecule has 2 rings (SSSR count). The summed E-state index contributed by atoms with van der Waals surface area (Å²) in [5, 5.41) is 16.3. The van der Waals surface area contributed by atoms with Crippen molar-refractivity contribution in [3.63, 3.8) is 0 Å². The number of amides is 1. The minimum absolute atomic E-state index is 0.113. The number of carbonyl (C=O) groups is 1. The van der Waals surface area contributed by atoms with Crippen molar-refractivity contribution in [2.24, 2.45) is 0 Å². The Labute approximate surface area is 164 Å². The van der Waals surface area contributed by atoms with Gasteiger partial charge in [0, 0.05) is 26.1 Å². The molecule has 0 bridgehead atoms. The molecule has 28 heavy (non-hydrogen) atoms. The Morgan fingerprint density at radius 3 is 2.39 bits per heavy atom. The number of benzene rings is 2. The Bertz CT molecular complexity index is 819. The van der Waals surface area contributed by atoms with Crippen LogP contribution in [0.4, 0.5) is 8.78 Å². The number of allylic oxidation sites excluding steroid dienone is 1. The number of halogens is 2. The van der Waals surface area contributed by atoms with Crippen LogP contribution in [-0.4, -0.2) is 29.7 Å². The van der Waals surface area contributed by atoms with Gasteiger partial charge in [-0.25, -0.2) is 8.78 Å². The van der Waals surface area contributed by atoms with E-state index in [2.05, 4.69) is 17.2 Å². The van der Waals surface area contributed by atoms with Crippen LogP contribution in [0.3, 0.4) is 0 Å². The molecule has 0 unspecified atom stereocenters. The van der Waals surface area contributed by atoms with E-state index < -0.39 is 23.8 Å². The second-order valence-electron chi connectivity index (χ2n) is 6.97. The molecule has 6 heteroatoms. The fourth-order valence-corrected chi connectivity index (χ4v) is 2.98. The topological polar surface area (TPSA) is 61.4 Å². The fraction of sp³-hybridized carbons (Fsp3) is 0.318. The average molecular weight is 388 g/mol. The molecule has 0 radical (unpaired) electrons. The second kappa shape index (κ2) is 10.1. The SMILES string of the molecule is C=C(C)c1cccc(CNC[C@@H](O)[C@H](Cc2cc(F)cc(F)c2)NC(C)=O)c1. The standard InChI is InChI=1S/C22H26F2N2O2/c1-14(2)18-6-4-5-16(7-18)12-25-13-22(28)21(26-15(3)27)10-17-8-19(23)11-20(24)9-17/h4-9,11,21-22,25,28H,1,10,12-13H2,2-3H3,(H,26,27)/t21-,22+/m0/s1. The number of aliphatic hydroxyl groups is 1. The first-order chi connectivity index (χ1) is 13.2. The lowest BCUT2D eigenvalue weighted by Gasteiger charge is -2.24. The van der Waals surface area contributed by atoms with Gasteiger partial charge in [0.1, 0.15) is 11.6 Å². The van der Waals surface area contributed by atoms with Gasteiger partial charge >= 0.3 is 0 Å². The van der Waals surface area contributed by atoms with E-state index in [0.29, 0.717) is 12.1 Å². The molecule has 2 aromatic rings. The molecule has 0 heterocycles. The van der Waals surface area contributed by atoms with Crippen LogP contribution in [0.2, 0.25) is 0 Å². The zero-order valence-electron chi connectivity index (χ0n) is 16.1. The Hall–Kier alpha value is -2.57. The summed E-state index contributed by atoms with van der Waals surface area (Å²) < 4.78 is 26.8. The lowest BCUT2D eigenvalue weighted by molar-refractivity contribution is -0.120. The first-order valence-corrected chi connectivity index (χ1v) is 9.10. The van der Waals surface area contributed by atoms with Crippen molar-refractivity contribution in [3.05, 3.63) is 77.4 Å². The molecule has 2 atom stereocenters. The van der Waals surface area contributed by atoms with Gasteiger partial charge in [-0.05, 0) is 42.2 Å². The van der Waals surface area contributed by atoms with Crippen molar-refractivity contribution in [1.82, 2.24) is 10.6 Å². The molecule has 0 saturated heterocycles. The minimum Gasteiger partial charge on any atom is -0.390 e. The van der Waals surface area contributed by atoms with E-state index in [1.807, 2.05) is 31.2 Å². The molecule has 1 amide bonds. The van der Waals surface area contributed by atoms with Crippen molar-refractivity contribution in [2.75, 3.05) is 6.54 Å². The van der Waals surface area contributed by atoms with Crippen molar-refractivity contribution in [2.45, 2.75) is 39.0 Å². The molecule has 0 aliphatic rings. The number of aliphatic hydroxyl groups excluding tert-OH is 1. The largest absolute Gasteiger partial charge is 0.390 e. The second-order valence-corrected chi connectivity index (χ2v) is 6.97. The first-order valence-electron chi connectivity index (χ1n) is 9.10. The molecule has 0 spiro atoms. The van der Waals surface area contributed by atoms with Crippen LogP contribution < -0.4 is 10.6 Å². The normalized spacial score (nSPS) is 13.0. The van der Waals surface area contributed by atoms with Crippen LogP contribution in [0.15, 0.2) is 49.0 Å². The van der Waals surface area contributed by atoms with Gasteiger partial charge in [0.15, 0.2) is 0 Å². The van der Waals surface area contributed by atoms with Crippen molar-refractivity contribution in [1.29, 1.82) is 0 Å². The van der Waals surface area contributed by atoms with Crippen LogP contribution in [0.5, 0.6) is 0 Å². The monoisotopic (exact) mass is 388 g/mol. The summed E-state index contributed by atoms with van der Waals surface area (Å²) in [6.07, 6.45) is -0.818. The molecule has 150 valence electrons. The van der Waals surface area contributed by atoms with Crippen LogP contribution >= 0.6 is 0 Å². The lowest BCUT2D eigenvalue weighted by atomic mass is 10.0. The van der Waals surface area contributed by atoms with Crippen LogP contribution in [0.25, 0.3) is 5.57 Å². The minimum atomic E-state index is -0.931. The third-order valence-corrected chi connectivity index (χ3v) is 4.33. The van der Waals surface area contributed by atoms with E-state index in [1.54, 1.807) is 0 Å². The van der Waals surface area contributed by atoms with Crippen LogP contribution in [0, 0.1) is 11.6 Å². The van der Waals surface area contributed by atoms with E-state index in [4.69, 9.17) is 0 Å². The smallest absolute Gasteiger partial charge is 0.217 e. The highest BCUT2D eigenvalue weighted by molar-refractivity contribution is 5.73. The quantitative estimate of drug-likeness (QED) is 0.618. The zero-order valence-corrected chi connectivity index (χ0v) is 16.1. The molecule has 4 nitrogen and oxygen atoms in total. The molecule has 0 aromatic heterocycles. The molecule has 3 N–H and O–H groups in total. The predicted octanol–water partition coefficient (Wildman–Crippen LogP) is 3.20. The third-order valence-electron chi connectivity index (χ3n) is 4.33. The highest BCUT2D eigenvalue weighted by atomic mass is 19.1. The Morgan fingerprint density at radius 1 is 1.11 bits per heavy atom. The van der Waals surface area contributed by atoms with Gasteiger partial charge in [-0.15, -0.1) is 0 Å². The lowest BCUT2D eigenvalue weighted by Crippen LogP contribution is -2.48. The summed E-state index contributed by atoms with van der Waals surface area (Å²) in [7, 11) is 0. The molecule has 0 fully saturated rings. The van der Waals surface area contributed by atoms with E-state index in [9.17, 15) is 18.7 Å². The van der Waals surface area contributed by atoms with Gasteiger partial charge in [-0.2, -0.15) is 0 Å². The summed E-state index contributed by atoms with van der Waals surface area (Å²) in [4.78, 5) is 11.5. The number of carbonyl (C=O) groups excluding carboxylic acids is 1. The van der Waals surface area contributed by atoms with Gasteiger partial charge < -0.3 is 15.7 Å². The number of nitrogens with one attached hydrogen (secondary N) is 2. The maximum Gasteiger partial charge on any atom is 0.217 e. The average Bonchev–Trinajstić information content (AvgIpc) is 2.60. The van der Waals surface area contributed by atoms with Gasteiger partial charge in [0.2, 0.25) is 5.91 Å². The molecule has 0 saturated carbocycles. The fourth-order valence-electron chi connectivity index (χ4n) is 2.98. The Kier molecular flexibility index (Phi) is 7.84. The number of rotatable bonds is 9. The number of hydrogen-bond acceptors (Lipinski definition) is 3. The predicted molar refractivity (Wildman–Crippen MR) is 107 cm³/mol. The first kappa shape index (κ1) is 21.7. The Balaban J connectivity index is 1.98. The van der Waals surface area contributed by atoms with Crippen molar-refractivity contribution >= 4 is 11.5 Å². The molecule has 0 aliphatic heterocycles. The highest BCUT2D eigenvalue weighted by Crippen LogP contribution is 2.14. The molecule has 2 aromatic carbocycles. The molecule has 0 aliphatic carbocycles. The van der Waals surface area contributed by atoms with Crippen LogP contribution in [0.1, 0.15) is 30.5 Å². The van der Waals surface area contributed by atoms with Gasteiger partial charge in [-0.1, -0.05) is 36.4 Å². The summed E-state index contributed by atoms with van der Waals surface area (Å²) in [6.45, 7) is 7.93. The van der Waals surface area contributed by atoms with Gasteiger partial charge in [0.25, 0.3) is 0 Å². The summed E-state index contributed by atoms with van der Waals surface area (Å²) in [6, 6.07) is 10.4. The summed E-state index contributed by atoms with van der Waals surface area (Å²) >= 11 is 0. The summed E-state index contributed by atoms with van der Waals surface area (Å²) in [5.41, 5.74) is 3.42. The highest BCUT2D eigenvalue weighted by Gasteiger charge is 2.21. The zero-order chi connectivity index (χ0) is 20.7. The molecular formula is C22H26F2N2O2.